The fraction of sp³-hybridized carbons (Fsp3) is 0.571. The summed E-state index contributed by atoms with van der Waals surface area (Å²) in [5.74, 6) is 0.490. The van der Waals surface area contributed by atoms with Crippen molar-refractivity contribution in [2.24, 2.45) is 5.92 Å². The maximum atomic E-state index is 11.7. The Kier molecular flexibility index (Phi) is 5.71. The first kappa shape index (κ1) is 17.4. The third kappa shape index (κ3) is 4.70. The quantitative estimate of drug-likeness (QED) is 0.616. The molecule has 0 aromatic heterocycles. The predicted molar refractivity (Wildman–Crippen MR) is 83.4 cm³/mol. The van der Waals surface area contributed by atoms with E-state index in [1.807, 2.05) is 6.92 Å². The van der Waals surface area contributed by atoms with Gasteiger partial charge in [0.2, 0.25) is 0 Å². The number of rotatable bonds is 7. The number of nitro benzene ring substituents is 1. The van der Waals surface area contributed by atoms with E-state index in [0.717, 1.165) is 19.1 Å². The van der Waals surface area contributed by atoms with Crippen LogP contribution in [0.2, 0.25) is 0 Å². The normalized spacial score (nSPS) is 14.5. The standard InChI is InChI=1S/C14H22N2O4S/c1-5-10(2)9-11(3)15-12-7-6-8-13(21(4,19)20)14(12)16(17)18/h6-8,10-11,15H,5,9H2,1-4H3. The van der Waals surface area contributed by atoms with Crippen LogP contribution in [0.5, 0.6) is 0 Å². The van der Waals surface area contributed by atoms with Gasteiger partial charge in [-0.05, 0) is 31.4 Å². The molecule has 2 atom stereocenters. The van der Waals surface area contributed by atoms with Gasteiger partial charge in [-0.15, -0.1) is 0 Å². The molecule has 0 amide bonds. The van der Waals surface area contributed by atoms with Crippen molar-refractivity contribution in [2.75, 3.05) is 11.6 Å². The molecular formula is C14H22N2O4S. The number of nitrogens with one attached hydrogen (secondary N) is 1. The van der Waals surface area contributed by atoms with E-state index in [2.05, 4.69) is 19.2 Å². The zero-order valence-corrected chi connectivity index (χ0v) is 13.6. The van der Waals surface area contributed by atoms with E-state index in [0.29, 0.717) is 5.92 Å². The first-order valence-electron chi connectivity index (χ1n) is 6.90. The summed E-state index contributed by atoms with van der Waals surface area (Å²) in [6.07, 6.45) is 2.86. The summed E-state index contributed by atoms with van der Waals surface area (Å²) >= 11 is 0. The van der Waals surface area contributed by atoms with Crippen molar-refractivity contribution in [3.8, 4) is 0 Å². The fourth-order valence-corrected chi connectivity index (χ4v) is 3.08. The minimum atomic E-state index is -3.65. The van der Waals surface area contributed by atoms with E-state index in [1.54, 1.807) is 6.07 Å². The Hall–Kier alpha value is -1.63. The van der Waals surface area contributed by atoms with Gasteiger partial charge in [0.15, 0.2) is 9.84 Å². The fourth-order valence-electron chi connectivity index (χ4n) is 2.22. The highest BCUT2D eigenvalue weighted by atomic mass is 32.2. The molecule has 0 heterocycles. The van der Waals surface area contributed by atoms with Crippen molar-refractivity contribution in [3.63, 3.8) is 0 Å². The minimum absolute atomic E-state index is 0.0217. The van der Waals surface area contributed by atoms with Crippen LogP contribution in [0.4, 0.5) is 11.4 Å². The van der Waals surface area contributed by atoms with Crippen molar-refractivity contribution in [1.29, 1.82) is 0 Å². The zero-order chi connectivity index (χ0) is 16.2. The molecule has 118 valence electrons. The van der Waals surface area contributed by atoms with Gasteiger partial charge in [-0.2, -0.15) is 0 Å². The molecule has 0 spiro atoms. The first-order chi connectivity index (χ1) is 9.66. The van der Waals surface area contributed by atoms with Gasteiger partial charge >= 0.3 is 5.69 Å². The lowest BCUT2D eigenvalue weighted by Gasteiger charge is -2.19. The Morgan fingerprint density at radius 3 is 2.43 bits per heavy atom. The van der Waals surface area contributed by atoms with Gasteiger partial charge < -0.3 is 5.32 Å². The number of anilines is 1. The monoisotopic (exact) mass is 314 g/mol. The van der Waals surface area contributed by atoms with Gasteiger partial charge in [-0.25, -0.2) is 8.42 Å². The van der Waals surface area contributed by atoms with Crippen LogP contribution < -0.4 is 5.32 Å². The number of nitro groups is 1. The molecular weight excluding hydrogens is 292 g/mol. The highest BCUT2D eigenvalue weighted by Gasteiger charge is 2.26. The van der Waals surface area contributed by atoms with Crippen LogP contribution in [0.25, 0.3) is 0 Å². The molecule has 0 saturated carbocycles. The molecule has 1 N–H and O–H groups in total. The van der Waals surface area contributed by atoms with Gasteiger partial charge in [0, 0.05) is 12.3 Å². The first-order valence-corrected chi connectivity index (χ1v) is 8.80. The Morgan fingerprint density at radius 2 is 1.95 bits per heavy atom. The van der Waals surface area contributed by atoms with Crippen LogP contribution in [0.15, 0.2) is 23.1 Å². The second-order valence-electron chi connectivity index (χ2n) is 5.48. The van der Waals surface area contributed by atoms with E-state index in [1.165, 1.54) is 12.1 Å². The average molecular weight is 314 g/mol. The summed E-state index contributed by atoms with van der Waals surface area (Å²) in [5, 5.41) is 14.3. The molecule has 0 aliphatic carbocycles. The molecule has 6 nitrogen and oxygen atoms in total. The Morgan fingerprint density at radius 1 is 1.33 bits per heavy atom. The number of para-hydroxylation sites is 1. The SMILES string of the molecule is CCC(C)CC(C)Nc1cccc(S(C)(=O)=O)c1[N+](=O)[O-]. The zero-order valence-electron chi connectivity index (χ0n) is 12.8. The lowest BCUT2D eigenvalue weighted by atomic mass is 10.00. The van der Waals surface area contributed by atoms with Crippen LogP contribution in [0.1, 0.15) is 33.6 Å². The molecule has 1 rings (SSSR count). The summed E-state index contributed by atoms with van der Waals surface area (Å²) in [5.41, 5.74) is -0.130. The third-order valence-corrected chi connectivity index (χ3v) is 4.56. The summed E-state index contributed by atoms with van der Waals surface area (Å²) in [4.78, 5) is 10.3. The van der Waals surface area contributed by atoms with Crippen molar-refractivity contribution in [3.05, 3.63) is 28.3 Å². The molecule has 1 aromatic rings. The number of sulfone groups is 1. The van der Waals surface area contributed by atoms with E-state index in [4.69, 9.17) is 0 Å². The number of benzene rings is 1. The maximum absolute atomic E-state index is 11.7. The molecule has 0 aliphatic heterocycles. The van der Waals surface area contributed by atoms with Crippen molar-refractivity contribution in [1.82, 2.24) is 0 Å². The number of hydrogen-bond acceptors (Lipinski definition) is 5. The summed E-state index contributed by atoms with van der Waals surface area (Å²) in [7, 11) is -3.65. The van der Waals surface area contributed by atoms with Crippen molar-refractivity contribution in [2.45, 2.75) is 44.6 Å². The molecule has 21 heavy (non-hydrogen) atoms. The molecule has 0 bridgehead atoms. The van der Waals surface area contributed by atoms with Crippen molar-refractivity contribution >= 4 is 21.2 Å². The van der Waals surface area contributed by atoms with Crippen LogP contribution in [0.3, 0.4) is 0 Å². The largest absolute Gasteiger partial charge is 0.377 e. The van der Waals surface area contributed by atoms with Crippen molar-refractivity contribution < 1.29 is 13.3 Å². The molecule has 0 radical (unpaired) electrons. The molecule has 0 aliphatic rings. The predicted octanol–water partition coefficient (Wildman–Crippen LogP) is 3.23. The van der Waals surface area contributed by atoms with Gasteiger partial charge in [0.1, 0.15) is 10.6 Å². The second kappa shape index (κ2) is 6.89. The highest BCUT2D eigenvalue weighted by Crippen LogP contribution is 2.32. The average Bonchev–Trinajstić information content (AvgIpc) is 2.36. The highest BCUT2D eigenvalue weighted by molar-refractivity contribution is 7.90. The number of hydrogen-bond donors (Lipinski definition) is 1. The van der Waals surface area contributed by atoms with Crippen LogP contribution in [-0.4, -0.2) is 25.6 Å². The second-order valence-corrected chi connectivity index (χ2v) is 7.46. The summed E-state index contributed by atoms with van der Waals surface area (Å²) in [6.45, 7) is 6.13. The molecule has 2 unspecified atom stereocenters. The van der Waals surface area contributed by atoms with E-state index < -0.39 is 14.8 Å². The van der Waals surface area contributed by atoms with E-state index >= 15 is 0 Å². The smallest absolute Gasteiger partial charge is 0.310 e. The van der Waals surface area contributed by atoms with Crippen LogP contribution in [0, 0.1) is 16.0 Å². The lowest BCUT2D eigenvalue weighted by Crippen LogP contribution is -2.19. The Labute approximate surface area is 125 Å². The van der Waals surface area contributed by atoms with Crippen LogP contribution in [-0.2, 0) is 9.84 Å². The number of nitrogens with zero attached hydrogens (tertiary/aromatic N) is 1. The topological polar surface area (TPSA) is 89.3 Å². The summed E-state index contributed by atoms with van der Waals surface area (Å²) in [6, 6.07) is 4.34. The molecule has 0 fully saturated rings. The van der Waals surface area contributed by atoms with E-state index in [-0.39, 0.29) is 22.3 Å². The summed E-state index contributed by atoms with van der Waals surface area (Å²) < 4.78 is 23.4. The van der Waals surface area contributed by atoms with Gasteiger partial charge in [-0.3, -0.25) is 10.1 Å². The van der Waals surface area contributed by atoms with Gasteiger partial charge in [0.05, 0.1) is 4.92 Å². The Balaban J connectivity index is 3.16. The van der Waals surface area contributed by atoms with Gasteiger partial charge in [-0.1, -0.05) is 26.3 Å². The molecule has 1 aromatic carbocycles. The van der Waals surface area contributed by atoms with E-state index in [9.17, 15) is 18.5 Å². The molecule has 0 saturated heterocycles. The Bertz CT molecular complexity index is 613. The van der Waals surface area contributed by atoms with Crippen LogP contribution >= 0.6 is 0 Å². The maximum Gasteiger partial charge on any atom is 0.310 e. The molecule has 7 heteroatoms. The third-order valence-electron chi connectivity index (χ3n) is 3.44. The van der Waals surface area contributed by atoms with Gasteiger partial charge in [0.25, 0.3) is 0 Å². The lowest BCUT2D eigenvalue weighted by molar-refractivity contribution is -0.386. The minimum Gasteiger partial charge on any atom is -0.377 e.